The molecule has 14 nitrogen and oxygen atoms in total. The summed E-state index contributed by atoms with van der Waals surface area (Å²) in [5.41, 5.74) is 0. The number of nitrogens with one attached hydrogen (secondary N) is 1. The molecule has 0 radical (unpaired) electrons. The zero-order chi connectivity index (χ0) is 59.5. The standard InChI is InChI=1S/C68H115NO13/c1-3-5-7-9-11-12-13-14-15-16-17-18-19-20-21-22-23-24-25-26-27-28-29-30-31-32-33-34-35-36-37-38-39-40-41-42-43-44-46-48-50-52-60(73)69-56(57(72)51-49-47-45-10-8-6-4-2)55-79-67-65(78)63(76)66(59(54-71)81-67)82-68-64(77)62(75)61(74)58(53-70)80-68/h5,7-8,10-12,14-15,17-18,20-21,23-24,26-27,49,51,56-59,61-68,70-72,74-78H,3-4,6,9,13,16,19,22,25,28-48,50,52-55H2,1-2H3,(H,69,73)/b7-5-,10-8+,12-11-,15-14-,18-17-,21-20-,24-23-,27-26-,51-49+. The smallest absolute Gasteiger partial charge is 0.220 e. The van der Waals surface area contributed by atoms with Crippen molar-refractivity contribution in [3.05, 3.63) is 109 Å². The maximum atomic E-state index is 13.2. The van der Waals surface area contributed by atoms with Gasteiger partial charge in [0.1, 0.15) is 48.8 Å². The maximum absolute atomic E-state index is 13.2. The molecule has 0 spiro atoms. The van der Waals surface area contributed by atoms with E-state index in [0.29, 0.717) is 12.8 Å². The monoisotopic (exact) mass is 1150 g/mol. The molecule has 12 atom stereocenters. The van der Waals surface area contributed by atoms with Crippen LogP contribution in [-0.2, 0) is 23.7 Å². The Balaban J connectivity index is 1.51. The minimum atomic E-state index is -1.79. The van der Waals surface area contributed by atoms with Crippen LogP contribution < -0.4 is 5.32 Å². The Morgan fingerprint density at radius 2 is 0.854 bits per heavy atom. The summed E-state index contributed by atoms with van der Waals surface area (Å²) in [5, 5.41) is 86.6. The number of hydrogen-bond donors (Lipinski definition) is 9. The van der Waals surface area contributed by atoms with Gasteiger partial charge in [0.15, 0.2) is 12.6 Å². The van der Waals surface area contributed by atoms with Gasteiger partial charge < -0.3 is 65.1 Å². The minimum absolute atomic E-state index is 0.256. The fraction of sp³-hybridized carbons (Fsp3) is 0.721. The highest BCUT2D eigenvalue weighted by Crippen LogP contribution is 2.30. The molecule has 0 aromatic carbocycles. The number of carbonyl (C=O) groups excluding carboxylic acids is 1. The highest BCUT2D eigenvalue weighted by Gasteiger charge is 2.51. The number of aliphatic hydroxyl groups is 8. The summed E-state index contributed by atoms with van der Waals surface area (Å²) in [6.07, 6.45) is 57.9. The number of unbranched alkanes of at least 4 members (excludes halogenated alkanes) is 21. The van der Waals surface area contributed by atoms with Crippen molar-refractivity contribution in [1.29, 1.82) is 0 Å². The van der Waals surface area contributed by atoms with Gasteiger partial charge >= 0.3 is 0 Å². The summed E-state index contributed by atoms with van der Waals surface area (Å²) >= 11 is 0. The Kier molecular flexibility index (Phi) is 47.4. The second kappa shape index (κ2) is 52.0. The van der Waals surface area contributed by atoms with Gasteiger partial charge in [0.25, 0.3) is 0 Å². The van der Waals surface area contributed by atoms with Gasteiger partial charge in [0.05, 0.1) is 32.0 Å². The van der Waals surface area contributed by atoms with Gasteiger partial charge in [-0.1, -0.05) is 239 Å². The first-order chi connectivity index (χ1) is 40.1. The zero-order valence-corrected chi connectivity index (χ0v) is 50.7. The average molecular weight is 1150 g/mol. The Labute approximate surface area is 495 Å². The second-order valence-corrected chi connectivity index (χ2v) is 22.1. The molecule has 2 heterocycles. The quantitative estimate of drug-likeness (QED) is 0.0204. The van der Waals surface area contributed by atoms with E-state index in [1.165, 1.54) is 103 Å². The van der Waals surface area contributed by atoms with E-state index >= 15 is 0 Å². The van der Waals surface area contributed by atoms with E-state index in [2.05, 4.69) is 116 Å². The van der Waals surface area contributed by atoms with E-state index in [0.717, 1.165) is 83.5 Å². The molecule has 2 rings (SSSR count). The molecular formula is C68H115NO13. The van der Waals surface area contributed by atoms with Crippen molar-refractivity contribution in [2.24, 2.45) is 0 Å². The van der Waals surface area contributed by atoms with Gasteiger partial charge in [-0.05, 0) is 83.5 Å². The average Bonchev–Trinajstić information content (AvgIpc) is 3.65. The van der Waals surface area contributed by atoms with Gasteiger partial charge in [-0.2, -0.15) is 0 Å². The number of hydrogen-bond acceptors (Lipinski definition) is 13. The van der Waals surface area contributed by atoms with E-state index in [4.69, 9.17) is 18.9 Å². The molecular weight excluding hydrogens is 1040 g/mol. The van der Waals surface area contributed by atoms with E-state index in [1.807, 2.05) is 6.08 Å². The molecule has 14 heteroatoms. The molecule has 1 amide bonds. The summed E-state index contributed by atoms with van der Waals surface area (Å²) in [5.74, 6) is -0.256. The van der Waals surface area contributed by atoms with Crippen LogP contribution in [-0.4, -0.2) is 140 Å². The molecule has 2 fully saturated rings. The molecule has 0 aliphatic carbocycles. The van der Waals surface area contributed by atoms with Gasteiger partial charge in [0.2, 0.25) is 5.91 Å². The molecule has 12 unspecified atom stereocenters. The summed E-state index contributed by atoms with van der Waals surface area (Å²) < 4.78 is 22.6. The van der Waals surface area contributed by atoms with E-state index in [9.17, 15) is 45.6 Å². The van der Waals surface area contributed by atoms with Crippen LogP contribution in [0, 0.1) is 0 Å². The molecule has 0 bridgehead atoms. The minimum Gasteiger partial charge on any atom is -0.394 e. The third kappa shape index (κ3) is 36.5. The molecule has 0 aromatic heterocycles. The summed E-state index contributed by atoms with van der Waals surface area (Å²) in [7, 11) is 0. The number of rotatable bonds is 50. The molecule has 0 aromatic rings. The van der Waals surface area contributed by atoms with Gasteiger partial charge in [-0.15, -0.1) is 0 Å². The fourth-order valence-corrected chi connectivity index (χ4v) is 9.82. The lowest BCUT2D eigenvalue weighted by atomic mass is 9.97. The lowest BCUT2D eigenvalue weighted by Crippen LogP contribution is -2.65. The number of ether oxygens (including phenoxy) is 4. The maximum Gasteiger partial charge on any atom is 0.220 e. The molecule has 82 heavy (non-hydrogen) atoms. The third-order valence-corrected chi connectivity index (χ3v) is 14.9. The van der Waals surface area contributed by atoms with Crippen molar-refractivity contribution in [3.8, 4) is 0 Å². The Bertz CT molecular complexity index is 1790. The molecule has 9 N–H and O–H groups in total. The van der Waals surface area contributed by atoms with Crippen molar-refractivity contribution in [2.75, 3.05) is 19.8 Å². The van der Waals surface area contributed by atoms with Crippen molar-refractivity contribution in [2.45, 2.75) is 293 Å². The number of aliphatic hydroxyl groups excluding tert-OH is 8. The number of carbonyl (C=O) groups is 1. The molecule has 2 aliphatic rings. The van der Waals surface area contributed by atoms with Gasteiger partial charge in [-0.25, -0.2) is 0 Å². The largest absolute Gasteiger partial charge is 0.394 e. The van der Waals surface area contributed by atoms with Crippen molar-refractivity contribution < 1.29 is 64.6 Å². The van der Waals surface area contributed by atoms with Crippen LogP contribution >= 0.6 is 0 Å². The van der Waals surface area contributed by atoms with Crippen LogP contribution in [0.1, 0.15) is 219 Å². The van der Waals surface area contributed by atoms with Crippen LogP contribution in [0.15, 0.2) is 109 Å². The second-order valence-electron chi connectivity index (χ2n) is 22.1. The van der Waals surface area contributed by atoms with Gasteiger partial charge in [-0.3, -0.25) is 4.79 Å². The zero-order valence-electron chi connectivity index (χ0n) is 50.7. The summed E-state index contributed by atoms with van der Waals surface area (Å²) in [6, 6.07) is -0.932. The van der Waals surface area contributed by atoms with Crippen molar-refractivity contribution in [1.82, 2.24) is 5.32 Å². The Morgan fingerprint density at radius 1 is 0.451 bits per heavy atom. The lowest BCUT2D eigenvalue weighted by Gasteiger charge is -2.46. The fourth-order valence-electron chi connectivity index (χ4n) is 9.82. The number of allylic oxidation sites excluding steroid dienone is 17. The Hall–Kier alpha value is -3.35. The summed E-state index contributed by atoms with van der Waals surface area (Å²) in [4.78, 5) is 13.2. The van der Waals surface area contributed by atoms with Crippen LogP contribution in [0.2, 0.25) is 0 Å². The lowest BCUT2D eigenvalue weighted by molar-refractivity contribution is -0.359. The Morgan fingerprint density at radius 3 is 1.33 bits per heavy atom. The third-order valence-electron chi connectivity index (χ3n) is 14.9. The normalized spacial score (nSPS) is 24.7. The summed E-state index contributed by atoms with van der Waals surface area (Å²) in [6.45, 7) is 2.53. The molecule has 2 aliphatic heterocycles. The van der Waals surface area contributed by atoms with Crippen LogP contribution in [0.4, 0.5) is 0 Å². The van der Waals surface area contributed by atoms with E-state index in [1.54, 1.807) is 6.08 Å². The van der Waals surface area contributed by atoms with Crippen LogP contribution in [0.25, 0.3) is 0 Å². The van der Waals surface area contributed by atoms with Crippen LogP contribution in [0.3, 0.4) is 0 Å². The highest BCUT2D eigenvalue weighted by atomic mass is 16.7. The topological polar surface area (TPSA) is 228 Å². The molecule has 0 saturated carbocycles. The van der Waals surface area contributed by atoms with E-state index < -0.39 is 86.8 Å². The SMILES string of the molecule is CC/C=C\C/C=C\C/C=C\C/C=C\C/C=C\C/C=C\C/C=C\CCCCCCCCCCCCCCCCCCCCCC(=O)NC(COC1OC(CO)C(OC2OC(CO)C(O)C(O)C2O)C(O)C1O)C(O)/C=C/CC/C=C/CCC. The number of amides is 1. The molecule has 470 valence electrons. The van der Waals surface area contributed by atoms with Crippen LogP contribution in [0.5, 0.6) is 0 Å². The van der Waals surface area contributed by atoms with E-state index in [-0.39, 0.29) is 18.9 Å². The predicted molar refractivity (Wildman–Crippen MR) is 332 cm³/mol. The first-order valence-electron chi connectivity index (χ1n) is 32.1. The molecule has 2 saturated heterocycles. The first-order valence-corrected chi connectivity index (χ1v) is 32.1. The predicted octanol–water partition coefficient (Wildman–Crippen LogP) is 12.0. The van der Waals surface area contributed by atoms with Crippen molar-refractivity contribution in [3.63, 3.8) is 0 Å². The highest BCUT2D eigenvalue weighted by molar-refractivity contribution is 5.76. The first kappa shape index (κ1) is 74.7. The van der Waals surface area contributed by atoms with Crippen molar-refractivity contribution >= 4 is 5.91 Å². The van der Waals surface area contributed by atoms with Gasteiger partial charge in [0, 0.05) is 6.42 Å².